The van der Waals surface area contributed by atoms with Crippen molar-refractivity contribution in [2.75, 3.05) is 20.8 Å². The van der Waals surface area contributed by atoms with Gasteiger partial charge in [0.1, 0.15) is 6.04 Å². The summed E-state index contributed by atoms with van der Waals surface area (Å²) in [6.07, 6.45) is 0. The van der Waals surface area contributed by atoms with Gasteiger partial charge in [0.2, 0.25) is 0 Å². The Morgan fingerprint density at radius 3 is 2.56 bits per heavy atom. The quantitative estimate of drug-likeness (QED) is 0.472. The molecule has 0 saturated carbocycles. The van der Waals surface area contributed by atoms with Crippen molar-refractivity contribution in [3.05, 3.63) is 0 Å². The smallest absolute Gasteiger partial charge is 0.325 e. The highest BCUT2D eigenvalue weighted by Crippen LogP contribution is 1.82. The van der Waals surface area contributed by atoms with E-state index in [0.717, 1.165) is 0 Å². The Morgan fingerprint density at radius 2 is 2.44 bits per heavy atom. The van der Waals surface area contributed by atoms with Crippen molar-refractivity contribution in [1.29, 1.82) is 0 Å². The van der Waals surface area contributed by atoms with Gasteiger partial charge >= 0.3 is 5.97 Å². The van der Waals surface area contributed by atoms with Crippen LogP contribution < -0.4 is 5.32 Å². The number of likely N-dealkylation sites (N-methyl/N-ethyl adjacent to an activating group) is 1. The van der Waals surface area contributed by atoms with E-state index in [2.05, 4.69) is 10.1 Å². The second kappa shape index (κ2) is 4.29. The third-order valence-electron chi connectivity index (χ3n) is 1.02. The maximum Gasteiger partial charge on any atom is 0.325 e. The second-order valence-corrected chi connectivity index (χ2v) is 1.55. The van der Waals surface area contributed by atoms with Crippen molar-refractivity contribution in [2.24, 2.45) is 0 Å². The van der Waals surface area contributed by atoms with E-state index >= 15 is 0 Å². The summed E-state index contributed by atoms with van der Waals surface area (Å²) in [7, 11) is 2.86. The first-order valence-electron chi connectivity index (χ1n) is 2.62. The first-order chi connectivity index (χ1) is 4.26. The highest BCUT2D eigenvalue weighted by atomic mass is 16.5. The molecule has 4 nitrogen and oxygen atoms in total. The molecule has 0 aliphatic carbocycles. The number of rotatable bonds is 3. The predicted molar refractivity (Wildman–Crippen MR) is 31.9 cm³/mol. The number of carbonyl (C=O) groups is 1. The first kappa shape index (κ1) is 8.39. The van der Waals surface area contributed by atoms with Crippen molar-refractivity contribution in [2.45, 2.75) is 6.04 Å². The molecule has 0 aliphatic heterocycles. The van der Waals surface area contributed by atoms with Crippen molar-refractivity contribution in [3.8, 4) is 0 Å². The lowest BCUT2D eigenvalue weighted by Crippen LogP contribution is -2.37. The van der Waals surface area contributed by atoms with Gasteiger partial charge in [-0.15, -0.1) is 0 Å². The van der Waals surface area contributed by atoms with E-state index in [-0.39, 0.29) is 6.61 Å². The van der Waals surface area contributed by atoms with E-state index < -0.39 is 12.0 Å². The topological polar surface area (TPSA) is 58.6 Å². The number of aliphatic hydroxyl groups is 1. The van der Waals surface area contributed by atoms with Crippen LogP contribution in [0.25, 0.3) is 0 Å². The van der Waals surface area contributed by atoms with Crippen LogP contribution in [0.4, 0.5) is 0 Å². The lowest BCUT2D eigenvalue weighted by molar-refractivity contribution is -0.143. The Hall–Kier alpha value is -0.610. The maximum absolute atomic E-state index is 10.5. The molecular formula is C5H11NO3. The Bertz CT molecular complexity index is 90.2. The SMILES string of the molecule is CN[C@@H](CO)C(=O)OC. The van der Waals surface area contributed by atoms with Crippen molar-refractivity contribution in [1.82, 2.24) is 5.32 Å². The van der Waals surface area contributed by atoms with Crippen LogP contribution in [-0.4, -0.2) is 37.9 Å². The van der Waals surface area contributed by atoms with E-state index in [1.807, 2.05) is 0 Å². The number of esters is 1. The molecule has 2 N–H and O–H groups in total. The number of hydrogen-bond acceptors (Lipinski definition) is 4. The highest BCUT2D eigenvalue weighted by Gasteiger charge is 2.13. The minimum atomic E-state index is -0.588. The number of ether oxygens (including phenoxy) is 1. The standard InChI is InChI=1S/C5H11NO3/c1-6-4(3-7)5(8)9-2/h4,6-7H,3H2,1-2H3/t4-/m0/s1. The molecular weight excluding hydrogens is 122 g/mol. The minimum absolute atomic E-state index is 0.233. The van der Waals surface area contributed by atoms with Gasteiger partial charge in [-0.3, -0.25) is 4.79 Å². The molecule has 0 aliphatic rings. The molecule has 0 spiro atoms. The molecule has 0 radical (unpaired) electrons. The van der Waals surface area contributed by atoms with Crippen LogP contribution in [0.3, 0.4) is 0 Å². The third kappa shape index (κ3) is 2.43. The molecule has 54 valence electrons. The molecule has 0 heterocycles. The van der Waals surface area contributed by atoms with Gasteiger partial charge in [-0.05, 0) is 7.05 Å². The summed E-state index contributed by atoms with van der Waals surface area (Å²) in [6, 6.07) is -0.588. The summed E-state index contributed by atoms with van der Waals surface area (Å²) in [4.78, 5) is 10.5. The molecule has 0 aromatic heterocycles. The second-order valence-electron chi connectivity index (χ2n) is 1.55. The average Bonchev–Trinajstić information content (AvgIpc) is 1.90. The van der Waals surface area contributed by atoms with Crippen LogP contribution in [0.2, 0.25) is 0 Å². The Labute approximate surface area is 53.8 Å². The molecule has 0 fully saturated rings. The van der Waals surface area contributed by atoms with E-state index in [0.29, 0.717) is 0 Å². The lowest BCUT2D eigenvalue weighted by atomic mass is 10.3. The highest BCUT2D eigenvalue weighted by molar-refractivity contribution is 5.75. The van der Waals surface area contributed by atoms with Crippen LogP contribution >= 0.6 is 0 Å². The van der Waals surface area contributed by atoms with Crippen LogP contribution in [0, 0.1) is 0 Å². The van der Waals surface area contributed by atoms with Crippen molar-refractivity contribution < 1.29 is 14.6 Å². The van der Waals surface area contributed by atoms with Crippen molar-refractivity contribution in [3.63, 3.8) is 0 Å². The summed E-state index contributed by atoms with van der Waals surface area (Å²) < 4.78 is 4.33. The Balaban J connectivity index is 3.64. The molecule has 0 saturated heterocycles. The maximum atomic E-state index is 10.5. The monoisotopic (exact) mass is 133 g/mol. The fourth-order valence-corrected chi connectivity index (χ4v) is 0.426. The fraction of sp³-hybridized carbons (Fsp3) is 0.800. The van der Waals surface area contributed by atoms with Gasteiger partial charge in [-0.2, -0.15) is 0 Å². The van der Waals surface area contributed by atoms with E-state index in [9.17, 15) is 4.79 Å². The fourth-order valence-electron chi connectivity index (χ4n) is 0.426. The molecule has 4 heteroatoms. The Kier molecular flexibility index (Phi) is 4.00. The molecule has 9 heavy (non-hydrogen) atoms. The third-order valence-corrected chi connectivity index (χ3v) is 1.02. The zero-order chi connectivity index (χ0) is 7.28. The van der Waals surface area contributed by atoms with Crippen molar-refractivity contribution >= 4 is 5.97 Å². The van der Waals surface area contributed by atoms with E-state index in [1.165, 1.54) is 7.11 Å². The molecule has 0 rings (SSSR count). The molecule has 1 atom stereocenters. The summed E-state index contributed by atoms with van der Waals surface area (Å²) in [6.45, 7) is -0.233. The van der Waals surface area contributed by atoms with Gasteiger partial charge in [-0.1, -0.05) is 0 Å². The number of carbonyl (C=O) groups excluding carboxylic acids is 1. The molecule has 0 unspecified atom stereocenters. The summed E-state index contributed by atoms with van der Waals surface area (Å²) in [5, 5.41) is 11.0. The first-order valence-corrected chi connectivity index (χ1v) is 2.62. The van der Waals surface area contributed by atoms with Gasteiger partial charge in [0.25, 0.3) is 0 Å². The van der Waals surface area contributed by atoms with Crippen LogP contribution in [0.1, 0.15) is 0 Å². The lowest BCUT2D eigenvalue weighted by Gasteiger charge is -2.08. The van der Waals surface area contributed by atoms with E-state index in [4.69, 9.17) is 5.11 Å². The zero-order valence-electron chi connectivity index (χ0n) is 5.55. The predicted octanol–water partition coefficient (Wildman–Crippen LogP) is -1.26. The van der Waals surface area contributed by atoms with Gasteiger partial charge in [0.15, 0.2) is 0 Å². The number of methoxy groups -OCH3 is 1. The number of hydrogen-bond donors (Lipinski definition) is 2. The molecule has 0 amide bonds. The number of aliphatic hydroxyl groups excluding tert-OH is 1. The molecule has 0 bridgehead atoms. The van der Waals surface area contributed by atoms with Crippen LogP contribution in [0.5, 0.6) is 0 Å². The average molecular weight is 133 g/mol. The van der Waals surface area contributed by atoms with Gasteiger partial charge in [0, 0.05) is 0 Å². The normalized spacial score (nSPS) is 12.8. The summed E-state index contributed by atoms with van der Waals surface area (Å²) in [5.74, 6) is -0.444. The summed E-state index contributed by atoms with van der Waals surface area (Å²) >= 11 is 0. The molecule has 0 aromatic rings. The van der Waals surface area contributed by atoms with Gasteiger partial charge in [0.05, 0.1) is 13.7 Å². The minimum Gasteiger partial charge on any atom is -0.468 e. The van der Waals surface area contributed by atoms with Gasteiger partial charge in [-0.25, -0.2) is 0 Å². The zero-order valence-corrected chi connectivity index (χ0v) is 5.55. The largest absolute Gasteiger partial charge is 0.468 e. The van der Waals surface area contributed by atoms with Gasteiger partial charge < -0.3 is 15.2 Å². The van der Waals surface area contributed by atoms with Crippen LogP contribution in [0.15, 0.2) is 0 Å². The molecule has 0 aromatic carbocycles. The van der Waals surface area contributed by atoms with Crippen LogP contribution in [-0.2, 0) is 9.53 Å². The number of nitrogens with one attached hydrogen (secondary N) is 1. The summed E-state index contributed by atoms with van der Waals surface area (Å²) in [5.41, 5.74) is 0. The Morgan fingerprint density at radius 1 is 1.89 bits per heavy atom. The van der Waals surface area contributed by atoms with E-state index in [1.54, 1.807) is 7.05 Å².